The van der Waals surface area contributed by atoms with Gasteiger partial charge in [-0.25, -0.2) is 9.97 Å². The van der Waals surface area contributed by atoms with Gasteiger partial charge in [0, 0.05) is 30.9 Å². The molecule has 4 rings (SSSR count). The van der Waals surface area contributed by atoms with Crippen LogP contribution in [0.4, 0.5) is 0 Å². The van der Waals surface area contributed by atoms with Crippen LogP contribution >= 0.6 is 0 Å². The van der Waals surface area contributed by atoms with Crippen LogP contribution in [-0.2, 0) is 11.2 Å². The van der Waals surface area contributed by atoms with Crippen LogP contribution in [0.25, 0.3) is 11.2 Å². The molecule has 2 aromatic heterocycles. The van der Waals surface area contributed by atoms with Gasteiger partial charge in [0.15, 0.2) is 5.65 Å². The molecular formula is C19H20N4O3. The van der Waals surface area contributed by atoms with Crippen molar-refractivity contribution in [3.8, 4) is 11.5 Å². The molecule has 1 saturated heterocycles. The molecule has 26 heavy (non-hydrogen) atoms. The third-order valence-corrected chi connectivity index (χ3v) is 4.95. The molecule has 0 aliphatic carbocycles. The van der Waals surface area contributed by atoms with E-state index in [1.165, 1.54) is 18.2 Å². The Morgan fingerprint density at radius 3 is 2.77 bits per heavy atom. The number of phenols is 2. The number of likely N-dealkylation sites (tertiary alicyclic amines) is 1. The number of benzene rings is 1. The number of amides is 1. The maximum absolute atomic E-state index is 12.5. The molecule has 134 valence electrons. The van der Waals surface area contributed by atoms with Gasteiger partial charge >= 0.3 is 0 Å². The monoisotopic (exact) mass is 352 g/mol. The van der Waals surface area contributed by atoms with E-state index in [2.05, 4.69) is 14.5 Å². The van der Waals surface area contributed by atoms with E-state index in [9.17, 15) is 15.0 Å². The number of hydrogen-bond acceptors (Lipinski definition) is 5. The van der Waals surface area contributed by atoms with E-state index < -0.39 is 0 Å². The van der Waals surface area contributed by atoms with Crippen LogP contribution in [0.2, 0.25) is 0 Å². The summed E-state index contributed by atoms with van der Waals surface area (Å²) in [4.78, 5) is 23.2. The second-order valence-electron chi connectivity index (χ2n) is 6.60. The molecule has 0 bridgehead atoms. The predicted molar refractivity (Wildman–Crippen MR) is 95.9 cm³/mol. The molecule has 1 aliphatic heterocycles. The van der Waals surface area contributed by atoms with Crippen molar-refractivity contribution in [2.24, 2.45) is 0 Å². The average Bonchev–Trinajstić information content (AvgIpc) is 3.09. The second-order valence-corrected chi connectivity index (χ2v) is 6.60. The number of rotatable bonds is 3. The normalized spacial score (nSPS) is 15.5. The minimum Gasteiger partial charge on any atom is -0.508 e. The lowest BCUT2D eigenvalue weighted by atomic mass is 10.0. The highest BCUT2D eigenvalue weighted by Gasteiger charge is 2.25. The van der Waals surface area contributed by atoms with Crippen molar-refractivity contribution < 1.29 is 15.0 Å². The molecule has 7 heteroatoms. The first-order valence-electron chi connectivity index (χ1n) is 8.68. The summed E-state index contributed by atoms with van der Waals surface area (Å²) >= 11 is 0. The molecule has 0 saturated carbocycles. The van der Waals surface area contributed by atoms with Crippen LogP contribution < -0.4 is 0 Å². The summed E-state index contributed by atoms with van der Waals surface area (Å²) in [5.41, 5.74) is 2.20. The Hall–Kier alpha value is -3.09. The molecule has 0 unspecified atom stereocenters. The van der Waals surface area contributed by atoms with Gasteiger partial charge in [0.1, 0.15) is 17.0 Å². The van der Waals surface area contributed by atoms with Crippen molar-refractivity contribution in [3.63, 3.8) is 0 Å². The van der Waals surface area contributed by atoms with E-state index in [-0.39, 0.29) is 29.9 Å². The molecule has 2 N–H and O–H groups in total. The Kier molecular flexibility index (Phi) is 4.20. The molecule has 0 radical (unpaired) electrons. The Labute approximate surface area is 150 Å². The van der Waals surface area contributed by atoms with Gasteiger partial charge < -0.3 is 19.7 Å². The van der Waals surface area contributed by atoms with Gasteiger partial charge in [-0.15, -0.1) is 0 Å². The lowest BCUT2D eigenvalue weighted by Crippen LogP contribution is -2.39. The SMILES string of the molecule is O=C(Cc1cc(O)ccc1O)N1CCC(n2cnc3cccnc32)CC1. The number of aromatic nitrogens is 3. The molecule has 0 spiro atoms. The maximum Gasteiger partial charge on any atom is 0.227 e. The molecule has 7 nitrogen and oxygen atoms in total. The standard InChI is InChI=1S/C19H20N4O3/c24-15-3-4-17(25)13(10-15)11-18(26)22-8-5-14(6-9-22)23-12-21-16-2-1-7-20-19(16)23/h1-4,7,10,12,14,24-25H,5-6,8-9,11H2. The van der Waals surface area contributed by atoms with E-state index in [1.54, 1.807) is 6.20 Å². The number of imidazole rings is 1. The maximum atomic E-state index is 12.5. The smallest absolute Gasteiger partial charge is 0.227 e. The van der Waals surface area contributed by atoms with Crippen molar-refractivity contribution in [2.75, 3.05) is 13.1 Å². The van der Waals surface area contributed by atoms with Crippen LogP contribution in [0.15, 0.2) is 42.9 Å². The van der Waals surface area contributed by atoms with Crippen molar-refractivity contribution in [1.82, 2.24) is 19.4 Å². The van der Waals surface area contributed by atoms with Gasteiger partial charge in [0.05, 0.1) is 12.7 Å². The van der Waals surface area contributed by atoms with Gasteiger partial charge in [0.25, 0.3) is 0 Å². The lowest BCUT2D eigenvalue weighted by Gasteiger charge is -2.32. The van der Waals surface area contributed by atoms with Crippen LogP contribution in [0.1, 0.15) is 24.4 Å². The van der Waals surface area contributed by atoms with E-state index in [4.69, 9.17) is 0 Å². The Balaban J connectivity index is 1.41. The summed E-state index contributed by atoms with van der Waals surface area (Å²) < 4.78 is 2.10. The highest BCUT2D eigenvalue weighted by molar-refractivity contribution is 5.79. The third kappa shape index (κ3) is 3.08. The molecule has 1 aliphatic rings. The van der Waals surface area contributed by atoms with Gasteiger partial charge in [-0.2, -0.15) is 0 Å². The van der Waals surface area contributed by atoms with Gasteiger partial charge in [-0.1, -0.05) is 0 Å². The Morgan fingerprint density at radius 1 is 1.15 bits per heavy atom. The average molecular weight is 352 g/mol. The fourth-order valence-electron chi connectivity index (χ4n) is 3.52. The summed E-state index contributed by atoms with van der Waals surface area (Å²) in [6.07, 6.45) is 5.34. The van der Waals surface area contributed by atoms with Gasteiger partial charge in [-0.05, 0) is 43.2 Å². The first-order chi connectivity index (χ1) is 12.6. The number of pyridine rings is 1. The number of carbonyl (C=O) groups is 1. The number of fused-ring (bicyclic) bond motifs is 1. The summed E-state index contributed by atoms with van der Waals surface area (Å²) in [7, 11) is 0. The molecule has 1 aromatic carbocycles. The van der Waals surface area contributed by atoms with Crippen molar-refractivity contribution in [2.45, 2.75) is 25.3 Å². The molecular weight excluding hydrogens is 332 g/mol. The molecule has 1 amide bonds. The highest BCUT2D eigenvalue weighted by atomic mass is 16.3. The van der Waals surface area contributed by atoms with Crippen molar-refractivity contribution in [3.05, 3.63) is 48.4 Å². The van der Waals surface area contributed by atoms with Crippen molar-refractivity contribution >= 4 is 17.1 Å². The molecule has 3 heterocycles. The molecule has 3 aromatic rings. The minimum atomic E-state index is -0.0436. The number of carbonyl (C=O) groups excluding carboxylic acids is 1. The van der Waals surface area contributed by atoms with E-state index >= 15 is 0 Å². The molecule has 0 atom stereocenters. The topological polar surface area (TPSA) is 91.5 Å². The first-order valence-corrected chi connectivity index (χ1v) is 8.68. The zero-order valence-corrected chi connectivity index (χ0v) is 14.2. The molecule has 1 fully saturated rings. The van der Waals surface area contributed by atoms with E-state index in [0.29, 0.717) is 18.7 Å². The van der Waals surface area contributed by atoms with Crippen molar-refractivity contribution in [1.29, 1.82) is 0 Å². The van der Waals surface area contributed by atoms with Crippen LogP contribution in [0.5, 0.6) is 11.5 Å². The largest absolute Gasteiger partial charge is 0.508 e. The summed E-state index contributed by atoms with van der Waals surface area (Å²) in [6.45, 7) is 1.30. The quantitative estimate of drug-likeness (QED) is 0.706. The number of aromatic hydroxyl groups is 2. The zero-order valence-electron chi connectivity index (χ0n) is 14.2. The first kappa shape index (κ1) is 16.4. The lowest BCUT2D eigenvalue weighted by molar-refractivity contribution is -0.131. The van der Waals surface area contributed by atoms with Gasteiger partial charge in [-0.3, -0.25) is 4.79 Å². The van der Waals surface area contributed by atoms with Crippen LogP contribution in [-0.4, -0.2) is 48.6 Å². The second kappa shape index (κ2) is 6.67. The zero-order chi connectivity index (χ0) is 18.1. The predicted octanol–water partition coefficient (Wildman–Crippen LogP) is 2.25. The highest BCUT2D eigenvalue weighted by Crippen LogP contribution is 2.27. The van der Waals surface area contributed by atoms with E-state index in [1.807, 2.05) is 23.4 Å². The summed E-state index contributed by atoms with van der Waals surface area (Å²) in [5, 5.41) is 19.4. The Morgan fingerprint density at radius 2 is 1.96 bits per heavy atom. The summed E-state index contributed by atoms with van der Waals surface area (Å²) in [5.74, 6) is 0.0313. The summed E-state index contributed by atoms with van der Waals surface area (Å²) in [6, 6.07) is 8.33. The number of hydrogen-bond donors (Lipinski definition) is 2. The number of piperidine rings is 1. The minimum absolute atomic E-state index is 0.0296. The van der Waals surface area contributed by atoms with Crippen LogP contribution in [0.3, 0.4) is 0 Å². The number of nitrogens with zero attached hydrogens (tertiary/aromatic N) is 4. The third-order valence-electron chi connectivity index (χ3n) is 4.95. The van der Waals surface area contributed by atoms with Crippen LogP contribution in [0, 0.1) is 0 Å². The Bertz CT molecular complexity index is 945. The fourth-order valence-corrected chi connectivity index (χ4v) is 3.52. The fraction of sp³-hybridized carbons (Fsp3) is 0.316. The van der Waals surface area contributed by atoms with Gasteiger partial charge in [0.2, 0.25) is 5.91 Å². The number of phenolic OH excluding ortho intramolecular Hbond substituents is 2. The van der Waals surface area contributed by atoms with E-state index in [0.717, 1.165) is 24.0 Å².